The van der Waals surface area contributed by atoms with Gasteiger partial charge in [-0.25, -0.2) is 4.98 Å². The number of nitrogens with one attached hydrogen (secondary N) is 1. The van der Waals surface area contributed by atoms with Gasteiger partial charge in [0.25, 0.3) is 0 Å². The highest BCUT2D eigenvalue weighted by atomic mass is 32.2. The van der Waals surface area contributed by atoms with Crippen LogP contribution in [0.5, 0.6) is 0 Å². The van der Waals surface area contributed by atoms with Crippen molar-refractivity contribution in [3.63, 3.8) is 0 Å². The molecule has 2 fully saturated rings. The number of aromatic nitrogens is 2. The molecular weight excluding hydrogens is 218 g/mol. The van der Waals surface area contributed by atoms with Crippen LogP contribution in [0, 0.1) is 0 Å². The van der Waals surface area contributed by atoms with Gasteiger partial charge in [-0.05, 0) is 38.4 Å². The molecule has 1 aliphatic heterocycles. The number of anilines is 1. The van der Waals surface area contributed by atoms with Gasteiger partial charge >= 0.3 is 0 Å². The van der Waals surface area contributed by atoms with E-state index < -0.39 is 0 Å². The second-order valence-electron chi connectivity index (χ2n) is 5.20. The molecule has 1 aromatic rings. The lowest BCUT2D eigenvalue weighted by Gasteiger charge is -2.24. The summed E-state index contributed by atoms with van der Waals surface area (Å²) in [6, 6.07) is 0.685. The van der Waals surface area contributed by atoms with Crippen molar-refractivity contribution in [3.8, 4) is 0 Å². The van der Waals surface area contributed by atoms with Crippen molar-refractivity contribution in [2.45, 2.75) is 49.9 Å². The van der Waals surface area contributed by atoms with Crippen molar-refractivity contribution in [1.29, 1.82) is 0 Å². The maximum absolute atomic E-state index is 4.41. The number of nitrogens with zero attached hydrogens (tertiary/aromatic N) is 2. The normalized spacial score (nSPS) is 29.6. The second kappa shape index (κ2) is 3.99. The number of rotatable bonds is 4. The first kappa shape index (κ1) is 10.5. The third-order valence-electron chi connectivity index (χ3n) is 3.43. The Morgan fingerprint density at radius 3 is 3.19 bits per heavy atom. The standard InChI is InChI=1S/C12H19N3S/c1-12(5-2-8-16-12)9-15-7-6-13-11(15)14-10-3-4-10/h6-7,10H,2-5,8-9H2,1H3,(H,13,14). The van der Waals surface area contributed by atoms with Gasteiger partial charge in [-0.3, -0.25) is 0 Å². The van der Waals surface area contributed by atoms with Crippen molar-refractivity contribution in [2.75, 3.05) is 11.1 Å². The van der Waals surface area contributed by atoms with Gasteiger partial charge in [-0.15, -0.1) is 0 Å². The molecular formula is C12H19N3S. The highest BCUT2D eigenvalue weighted by Crippen LogP contribution is 2.39. The summed E-state index contributed by atoms with van der Waals surface area (Å²) in [7, 11) is 0. The van der Waals surface area contributed by atoms with Gasteiger partial charge in [0.15, 0.2) is 0 Å². The van der Waals surface area contributed by atoms with E-state index in [0.29, 0.717) is 10.8 Å². The Hall–Kier alpha value is -0.640. The molecule has 4 heteroatoms. The lowest BCUT2D eigenvalue weighted by molar-refractivity contribution is 0.513. The number of thioether (sulfide) groups is 1. The fourth-order valence-corrected chi connectivity index (χ4v) is 3.61. The van der Waals surface area contributed by atoms with E-state index in [0.717, 1.165) is 12.5 Å². The topological polar surface area (TPSA) is 29.9 Å². The molecule has 0 spiro atoms. The van der Waals surface area contributed by atoms with E-state index >= 15 is 0 Å². The van der Waals surface area contributed by atoms with E-state index in [9.17, 15) is 0 Å². The molecule has 1 unspecified atom stereocenters. The van der Waals surface area contributed by atoms with Crippen LogP contribution in [0.3, 0.4) is 0 Å². The van der Waals surface area contributed by atoms with Crippen LogP contribution < -0.4 is 5.32 Å². The van der Waals surface area contributed by atoms with E-state index in [1.54, 1.807) is 0 Å². The van der Waals surface area contributed by atoms with Gasteiger partial charge in [0.1, 0.15) is 0 Å². The molecule has 1 aliphatic carbocycles. The molecule has 2 heterocycles. The molecule has 1 N–H and O–H groups in total. The zero-order valence-electron chi connectivity index (χ0n) is 9.78. The van der Waals surface area contributed by atoms with Crippen LogP contribution in [0.1, 0.15) is 32.6 Å². The average molecular weight is 237 g/mol. The van der Waals surface area contributed by atoms with Crippen LogP contribution >= 0.6 is 11.8 Å². The van der Waals surface area contributed by atoms with Gasteiger partial charge < -0.3 is 9.88 Å². The molecule has 1 atom stereocenters. The Balaban J connectivity index is 1.70. The molecule has 1 saturated carbocycles. The summed E-state index contributed by atoms with van der Waals surface area (Å²) in [5, 5.41) is 3.50. The van der Waals surface area contributed by atoms with Gasteiger partial charge in [0, 0.05) is 29.7 Å². The van der Waals surface area contributed by atoms with Crippen molar-refractivity contribution in [1.82, 2.24) is 9.55 Å². The van der Waals surface area contributed by atoms with Crippen molar-refractivity contribution in [2.24, 2.45) is 0 Å². The van der Waals surface area contributed by atoms with Crippen LogP contribution in [-0.2, 0) is 6.54 Å². The fourth-order valence-electron chi connectivity index (χ4n) is 2.31. The quantitative estimate of drug-likeness (QED) is 0.873. The Morgan fingerprint density at radius 2 is 2.50 bits per heavy atom. The largest absolute Gasteiger partial charge is 0.353 e. The van der Waals surface area contributed by atoms with E-state index in [2.05, 4.69) is 39.8 Å². The van der Waals surface area contributed by atoms with E-state index in [4.69, 9.17) is 0 Å². The SMILES string of the molecule is CC1(Cn2ccnc2NC2CC2)CCCS1. The highest BCUT2D eigenvalue weighted by Gasteiger charge is 2.31. The molecule has 1 saturated heterocycles. The van der Waals surface area contributed by atoms with Gasteiger partial charge in [0.2, 0.25) is 5.95 Å². The summed E-state index contributed by atoms with van der Waals surface area (Å²) in [4.78, 5) is 4.41. The predicted molar refractivity (Wildman–Crippen MR) is 69.0 cm³/mol. The molecule has 0 aromatic carbocycles. The summed E-state index contributed by atoms with van der Waals surface area (Å²) >= 11 is 2.11. The molecule has 0 radical (unpaired) electrons. The Labute approximate surface area is 101 Å². The van der Waals surface area contributed by atoms with Crippen LogP contribution in [0.4, 0.5) is 5.95 Å². The van der Waals surface area contributed by atoms with Crippen LogP contribution in [0.2, 0.25) is 0 Å². The number of hydrogen-bond acceptors (Lipinski definition) is 3. The average Bonchev–Trinajstić information content (AvgIpc) is 2.81. The molecule has 0 amide bonds. The van der Waals surface area contributed by atoms with E-state index in [1.165, 1.54) is 31.4 Å². The third kappa shape index (κ3) is 2.21. The predicted octanol–water partition coefficient (Wildman–Crippen LogP) is 2.74. The molecule has 2 aliphatic rings. The maximum atomic E-state index is 4.41. The fraction of sp³-hybridized carbons (Fsp3) is 0.750. The smallest absolute Gasteiger partial charge is 0.203 e. The monoisotopic (exact) mass is 237 g/mol. The zero-order chi connectivity index (χ0) is 11.0. The third-order valence-corrected chi connectivity index (χ3v) is 4.95. The van der Waals surface area contributed by atoms with Gasteiger partial charge in [-0.2, -0.15) is 11.8 Å². The van der Waals surface area contributed by atoms with Crippen LogP contribution in [-0.4, -0.2) is 26.1 Å². The van der Waals surface area contributed by atoms with Crippen LogP contribution in [0.25, 0.3) is 0 Å². The summed E-state index contributed by atoms with van der Waals surface area (Å²) in [5.41, 5.74) is 0. The van der Waals surface area contributed by atoms with Crippen molar-refractivity contribution >= 4 is 17.7 Å². The summed E-state index contributed by atoms with van der Waals surface area (Å²) in [5.74, 6) is 2.38. The molecule has 3 rings (SSSR count). The highest BCUT2D eigenvalue weighted by molar-refractivity contribution is 8.00. The number of imidazole rings is 1. The summed E-state index contributed by atoms with van der Waals surface area (Å²) in [6.45, 7) is 3.47. The molecule has 16 heavy (non-hydrogen) atoms. The Morgan fingerprint density at radius 1 is 1.62 bits per heavy atom. The Bertz CT molecular complexity index is 364. The summed E-state index contributed by atoms with van der Waals surface area (Å²) in [6.07, 6.45) is 9.32. The van der Waals surface area contributed by atoms with Gasteiger partial charge in [0.05, 0.1) is 0 Å². The minimum Gasteiger partial charge on any atom is -0.353 e. The van der Waals surface area contributed by atoms with Crippen LogP contribution in [0.15, 0.2) is 12.4 Å². The van der Waals surface area contributed by atoms with E-state index in [-0.39, 0.29) is 0 Å². The first-order chi connectivity index (χ1) is 7.75. The maximum Gasteiger partial charge on any atom is 0.203 e. The second-order valence-corrected chi connectivity index (χ2v) is 6.88. The first-order valence-electron chi connectivity index (χ1n) is 6.17. The lowest BCUT2D eigenvalue weighted by Crippen LogP contribution is -2.24. The van der Waals surface area contributed by atoms with Gasteiger partial charge in [-0.1, -0.05) is 0 Å². The minimum atomic E-state index is 0.417. The van der Waals surface area contributed by atoms with Crippen molar-refractivity contribution < 1.29 is 0 Å². The zero-order valence-corrected chi connectivity index (χ0v) is 10.6. The molecule has 1 aromatic heterocycles. The minimum absolute atomic E-state index is 0.417. The molecule has 3 nitrogen and oxygen atoms in total. The molecule has 0 bridgehead atoms. The number of hydrogen-bond donors (Lipinski definition) is 1. The van der Waals surface area contributed by atoms with Crippen molar-refractivity contribution in [3.05, 3.63) is 12.4 Å². The first-order valence-corrected chi connectivity index (χ1v) is 7.15. The Kier molecular flexibility index (Phi) is 2.62. The lowest BCUT2D eigenvalue weighted by atomic mass is 10.1. The summed E-state index contributed by atoms with van der Waals surface area (Å²) < 4.78 is 2.71. The van der Waals surface area contributed by atoms with E-state index in [1.807, 2.05) is 6.20 Å². The molecule has 88 valence electrons.